The lowest BCUT2D eigenvalue weighted by Gasteiger charge is -2.32. The van der Waals surface area contributed by atoms with Gasteiger partial charge in [0.2, 0.25) is 17.7 Å². The summed E-state index contributed by atoms with van der Waals surface area (Å²) in [5, 5.41) is 8.91. The van der Waals surface area contributed by atoms with Crippen molar-refractivity contribution in [1.29, 1.82) is 0 Å². The molecule has 38 heavy (non-hydrogen) atoms. The van der Waals surface area contributed by atoms with Crippen molar-refractivity contribution in [3.05, 3.63) is 69.6 Å². The van der Waals surface area contributed by atoms with Crippen LogP contribution in [0.5, 0.6) is 0 Å². The number of carbonyl (C=O) groups excluding carboxylic acids is 1. The van der Waals surface area contributed by atoms with Crippen LogP contribution in [0.4, 0.5) is 0 Å². The lowest BCUT2D eigenvalue weighted by atomic mass is 9.98. The summed E-state index contributed by atoms with van der Waals surface area (Å²) >= 11 is 6.42. The smallest absolute Gasteiger partial charge is 0.327 e. The number of H-pyrrole nitrogens is 1. The van der Waals surface area contributed by atoms with Crippen LogP contribution in [-0.2, 0) is 11.2 Å². The number of hydrogen-bond acceptors (Lipinski definition) is 7. The molecule has 0 unspecified atom stereocenters. The summed E-state index contributed by atoms with van der Waals surface area (Å²) in [6.07, 6.45) is 6.21. The molecule has 1 fully saturated rings. The van der Waals surface area contributed by atoms with Crippen LogP contribution in [-0.4, -0.2) is 73.7 Å². The van der Waals surface area contributed by atoms with E-state index in [4.69, 9.17) is 16.0 Å². The molecule has 2 aliphatic heterocycles. The first-order valence-corrected chi connectivity index (χ1v) is 13.2. The standard InChI is InChI=1S/C27H28ClN7O3/c1-33-9-4-17(5-10-33)18-13-19(15-20(28)14-18)26-32-31-23(38-26)16-24(36)34-11-6-21(7-12-34)35-22-3-2-8-29-25(22)30-27(35)37/h2-4,8,13-15,21H,5-7,9-12,16H2,1H3,(H,29,30,37). The van der Waals surface area contributed by atoms with Crippen molar-refractivity contribution in [3.63, 3.8) is 0 Å². The lowest BCUT2D eigenvalue weighted by molar-refractivity contribution is -0.132. The third-order valence-electron chi connectivity index (χ3n) is 7.37. The van der Waals surface area contributed by atoms with Gasteiger partial charge in [0, 0.05) is 49.0 Å². The second-order valence-electron chi connectivity index (χ2n) is 9.93. The first-order chi connectivity index (χ1) is 18.4. The number of likely N-dealkylation sites (tertiary alicyclic amines) is 1. The molecule has 3 aromatic heterocycles. The number of aromatic nitrogens is 5. The molecular formula is C27H28ClN7O3. The highest BCUT2D eigenvalue weighted by atomic mass is 35.5. The summed E-state index contributed by atoms with van der Waals surface area (Å²) in [6.45, 7) is 2.99. The molecule has 11 heteroatoms. The van der Waals surface area contributed by atoms with Crippen molar-refractivity contribution in [2.75, 3.05) is 33.2 Å². The molecule has 1 aromatic carbocycles. The van der Waals surface area contributed by atoms with Gasteiger partial charge in [-0.25, -0.2) is 9.78 Å². The van der Waals surface area contributed by atoms with Crippen LogP contribution in [0, 0.1) is 0 Å². The molecule has 0 saturated carbocycles. The highest BCUT2D eigenvalue weighted by molar-refractivity contribution is 6.31. The van der Waals surface area contributed by atoms with Gasteiger partial charge in [0.15, 0.2) is 5.65 Å². The van der Waals surface area contributed by atoms with E-state index < -0.39 is 0 Å². The van der Waals surface area contributed by atoms with Crippen LogP contribution in [0.15, 0.2) is 51.8 Å². The quantitative estimate of drug-likeness (QED) is 0.417. The van der Waals surface area contributed by atoms with Gasteiger partial charge in [-0.05, 0) is 67.8 Å². The van der Waals surface area contributed by atoms with Crippen LogP contribution in [0.2, 0.25) is 5.02 Å². The van der Waals surface area contributed by atoms with E-state index in [1.807, 2.05) is 24.3 Å². The fourth-order valence-corrected chi connectivity index (χ4v) is 5.54. The highest BCUT2D eigenvalue weighted by Gasteiger charge is 2.27. The van der Waals surface area contributed by atoms with E-state index in [-0.39, 0.29) is 30.0 Å². The molecule has 1 N–H and O–H groups in total. The number of piperidine rings is 1. The van der Waals surface area contributed by atoms with Crippen molar-refractivity contribution in [2.45, 2.75) is 31.7 Å². The maximum absolute atomic E-state index is 13.0. The minimum atomic E-state index is -0.168. The summed E-state index contributed by atoms with van der Waals surface area (Å²) in [5.41, 5.74) is 4.23. The Morgan fingerprint density at radius 2 is 1.97 bits per heavy atom. The summed E-state index contributed by atoms with van der Waals surface area (Å²) in [6, 6.07) is 9.48. The average molecular weight is 534 g/mol. The number of rotatable bonds is 5. The molecule has 1 saturated heterocycles. The predicted octanol–water partition coefficient (Wildman–Crippen LogP) is 3.55. The number of benzene rings is 1. The Hall–Kier alpha value is -3.76. The van der Waals surface area contributed by atoms with E-state index in [9.17, 15) is 9.59 Å². The Balaban J connectivity index is 1.11. The number of pyridine rings is 1. The summed E-state index contributed by atoms with van der Waals surface area (Å²) in [5.74, 6) is 0.539. The molecule has 0 atom stereocenters. The van der Waals surface area contributed by atoms with Gasteiger partial charge in [-0.15, -0.1) is 10.2 Å². The lowest BCUT2D eigenvalue weighted by Crippen LogP contribution is -2.41. The fourth-order valence-electron chi connectivity index (χ4n) is 5.31. The molecule has 1 amide bonds. The normalized spacial score (nSPS) is 17.2. The Morgan fingerprint density at radius 1 is 1.16 bits per heavy atom. The Bertz CT molecular complexity index is 1580. The third-order valence-corrected chi connectivity index (χ3v) is 7.59. The molecule has 0 bridgehead atoms. The van der Waals surface area contributed by atoms with E-state index in [1.165, 1.54) is 5.57 Å². The molecular weight excluding hydrogens is 506 g/mol. The second-order valence-corrected chi connectivity index (χ2v) is 10.4. The van der Waals surface area contributed by atoms with Gasteiger partial charge in [0.05, 0.1) is 5.52 Å². The van der Waals surface area contributed by atoms with Crippen molar-refractivity contribution >= 4 is 34.2 Å². The number of imidazole rings is 1. The topological polar surface area (TPSA) is 113 Å². The second kappa shape index (κ2) is 10.2. The first-order valence-electron chi connectivity index (χ1n) is 12.8. The maximum atomic E-state index is 13.0. The van der Waals surface area contributed by atoms with Gasteiger partial charge in [-0.2, -0.15) is 0 Å². The van der Waals surface area contributed by atoms with E-state index in [2.05, 4.69) is 38.2 Å². The maximum Gasteiger partial charge on any atom is 0.327 e. The molecule has 196 valence electrons. The number of nitrogens with zero attached hydrogens (tertiary/aromatic N) is 6. The van der Waals surface area contributed by atoms with E-state index in [0.717, 1.165) is 36.2 Å². The van der Waals surface area contributed by atoms with Crippen molar-refractivity contribution < 1.29 is 9.21 Å². The van der Waals surface area contributed by atoms with Gasteiger partial charge < -0.3 is 14.2 Å². The number of likely N-dealkylation sites (N-methyl/N-ethyl adjacent to an activating group) is 1. The Labute approximate surface area is 223 Å². The largest absolute Gasteiger partial charge is 0.420 e. The van der Waals surface area contributed by atoms with Crippen LogP contribution >= 0.6 is 11.6 Å². The monoisotopic (exact) mass is 533 g/mol. The number of aromatic amines is 1. The average Bonchev–Trinajstić information content (AvgIpc) is 3.52. The van der Waals surface area contributed by atoms with Crippen molar-refractivity contribution in [1.82, 2.24) is 34.5 Å². The van der Waals surface area contributed by atoms with Gasteiger partial charge in [0.1, 0.15) is 6.42 Å². The summed E-state index contributed by atoms with van der Waals surface area (Å²) in [7, 11) is 2.10. The molecule has 6 rings (SSSR count). The molecule has 0 radical (unpaired) electrons. The number of amides is 1. The zero-order valence-electron chi connectivity index (χ0n) is 21.1. The minimum Gasteiger partial charge on any atom is -0.420 e. The van der Waals surface area contributed by atoms with Gasteiger partial charge >= 0.3 is 5.69 Å². The molecule has 5 heterocycles. The number of nitrogens with one attached hydrogen (secondary N) is 1. The predicted molar refractivity (Wildman–Crippen MR) is 144 cm³/mol. The van der Waals surface area contributed by atoms with Gasteiger partial charge in [-0.1, -0.05) is 17.7 Å². The SMILES string of the molecule is CN1CC=C(c2cc(Cl)cc(-c3nnc(CC(=O)N4CCC(n5c(=O)[nH]c6ncccc65)CC4)o3)c2)CC1. The highest BCUT2D eigenvalue weighted by Crippen LogP contribution is 2.30. The molecule has 10 nitrogen and oxygen atoms in total. The molecule has 2 aliphatic rings. The van der Waals surface area contributed by atoms with Crippen molar-refractivity contribution in [2.24, 2.45) is 0 Å². The van der Waals surface area contributed by atoms with E-state index in [0.29, 0.717) is 42.5 Å². The van der Waals surface area contributed by atoms with E-state index >= 15 is 0 Å². The molecule has 0 aliphatic carbocycles. The van der Waals surface area contributed by atoms with Crippen molar-refractivity contribution in [3.8, 4) is 11.5 Å². The van der Waals surface area contributed by atoms with Crippen LogP contribution < -0.4 is 5.69 Å². The number of fused-ring (bicyclic) bond motifs is 1. The fraction of sp³-hybridized carbons (Fsp3) is 0.370. The first kappa shape index (κ1) is 24.6. The molecule has 0 spiro atoms. The summed E-state index contributed by atoms with van der Waals surface area (Å²) in [4.78, 5) is 36.6. The zero-order chi connectivity index (χ0) is 26.2. The number of hydrogen-bond donors (Lipinski definition) is 1. The molecule has 4 aromatic rings. The van der Waals surface area contributed by atoms with Gasteiger partial charge in [-0.3, -0.25) is 14.3 Å². The Morgan fingerprint density at radius 3 is 2.76 bits per heavy atom. The number of carbonyl (C=O) groups is 1. The minimum absolute atomic E-state index is 0.0104. The third kappa shape index (κ3) is 4.89. The van der Waals surface area contributed by atoms with Crippen LogP contribution in [0.1, 0.15) is 36.8 Å². The summed E-state index contributed by atoms with van der Waals surface area (Å²) < 4.78 is 7.64. The van der Waals surface area contributed by atoms with Gasteiger partial charge in [0.25, 0.3) is 0 Å². The zero-order valence-corrected chi connectivity index (χ0v) is 21.8. The van der Waals surface area contributed by atoms with Crippen LogP contribution in [0.3, 0.4) is 0 Å². The number of halogens is 1. The van der Waals surface area contributed by atoms with Crippen LogP contribution in [0.25, 0.3) is 28.2 Å². The Kier molecular flexibility index (Phi) is 6.59. The van der Waals surface area contributed by atoms with E-state index in [1.54, 1.807) is 21.7 Å².